The number of anilines is 1. The number of nitrogens with one attached hydrogen (secondary N) is 1. The van der Waals surface area contributed by atoms with Crippen LogP contribution in [0, 0.1) is 0 Å². The summed E-state index contributed by atoms with van der Waals surface area (Å²) in [5.41, 5.74) is 2.64. The minimum Gasteiger partial charge on any atom is -0.348 e. The van der Waals surface area contributed by atoms with E-state index in [1.165, 1.54) is 30.2 Å². The van der Waals surface area contributed by atoms with Gasteiger partial charge in [0.25, 0.3) is 5.91 Å². The van der Waals surface area contributed by atoms with Crippen molar-refractivity contribution >= 4 is 29.3 Å². The monoisotopic (exact) mass is 370 g/mol. The van der Waals surface area contributed by atoms with Crippen molar-refractivity contribution in [3.8, 4) is 0 Å². The lowest BCUT2D eigenvalue weighted by molar-refractivity contribution is -0.125. The Balaban J connectivity index is 2.04. The van der Waals surface area contributed by atoms with Gasteiger partial charge < -0.3 is 10.2 Å². The lowest BCUT2D eigenvalue weighted by Crippen LogP contribution is -2.23. The molecule has 2 aromatic carbocycles. The summed E-state index contributed by atoms with van der Waals surface area (Å²) in [6.07, 6.45) is 3.40. The van der Waals surface area contributed by atoms with E-state index >= 15 is 0 Å². The molecule has 0 fully saturated rings. The van der Waals surface area contributed by atoms with Crippen molar-refractivity contribution in [1.82, 2.24) is 4.90 Å². The van der Waals surface area contributed by atoms with Gasteiger partial charge in [-0.05, 0) is 42.7 Å². The third kappa shape index (κ3) is 5.92. The van der Waals surface area contributed by atoms with Gasteiger partial charge in [0.2, 0.25) is 5.91 Å². The van der Waals surface area contributed by atoms with Crippen molar-refractivity contribution in [2.24, 2.45) is 0 Å². The van der Waals surface area contributed by atoms with Crippen LogP contribution in [-0.4, -0.2) is 36.6 Å². The molecule has 2 amide bonds. The number of rotatable bonds is 8. The SMILES string of the molecule is CCCCc1ccc(NC(=O)c2ccccc2SCC(=O)N(C)C)cc1. The Bertz CT molecular complexity index is 742. The molecule has 0 radical (unpaired) electrons. The number of hydrogen-bond acceptors (Lipinski definition) is 3. The summed E-state index contributed by atoms with van der Waals surface area (Å²) in [5.74, 6) is 0.170. The summed E-state index contributed by atoms with van der Waals surface area (Å²) in [4.78, 5) is 26.8. The summed E-state index contributed by atoms with van der Waals surface area (Å²) in [5, 5.41) is 2.94. The maximum atomic E-state index is 12.7. The molecule has 2 rings (SSSR count). The van der Waals surface area contributed by atoms with Crippen LogP contribution in [-0.2, 0) is 11.2 Å². The standard InChI is InChI=1S/C21H26N2O2S/c1-4-5-8-16-11-13-17(14-12-16)22-21(25)18-9-6-7-10-19(18)26-15-20(24)23(2)3/h6-7,9-14H,4-5,8,15H2,1-3H3,(H,22,25). The van der Waals surface area contributed by atoms with Gasteiger partial charge in [-0.15, -0.1) is 11.8 Å². The third-order valence-corrected chi connectivity index (χ3v) is 5.07. The molecule has 5 heteroatoms. The molecule has 2 aromatic rings. The number of aryl methyl sites for hydroxylation is 1. The Kier molecular flexibility index (Phi) is 7.73. The Morgan fingerprint density at radius 3 is 2.38 bits per heavy atom. The number of nitrogens with zero attached hydrogens (tertiary/aromatic N) is 1. The Morgan fingerprint density at radius 2 is 1.73 bits per heavy atom. The highest BCUT2D eigenvalue weighted by Crippen LogP contribution is 2.24. The molecule has 0 atom stereocenters. The Hall–Kier alpha value is -2.27. The molecule has 0 spiro atoms. The van der Waals surface area contributed by atoms with Gasteiger partial charge in [0.1, 0.15) is 0 Å². The maximum absolute atomic E-state index is 12.7. The first kappa shape index (κ1) is 20.0. The fourth-order valence-electron chi connectivity index (χ4n) is 2.38. The number of unbranched alkanes of at least 4 members (excludes halogenated alkanes) is 1. The van der Waals surface area contributed by atoms with E-state index in [0.29, 0.717) is 11.3 Å². The van der Waals surface area contributed by atoms with Crippen molar-refractivity contribution in [2.45, 2.75) is 31.1 Å². The van der Waals surface area contributed by atoms with E-state index in [4.69, 9.17) is 0 Å². The molecule has 138 valence electrons. The number of carbonyl (C=O) groups excluding carboxylic acids is 2. The summed E-state index contributed by atoms with van der Waals surface area (Å²) in [6.45, 7) is 2.18. The first-order valence-corrected chi connectivity index (χ1v) is 9.82. The molecule has 0 aromatic heterocycles. The van der Waals surface area contributed by atoms with Gasteiger partial charge in [0, 0.05) is 24.7 Å². The molecule has 0 unspecified atom stereocenters. The van der Waals surface area contributed by atoms with E-state index in [9.17, 15) is 9.59 Å². The normalized spacial score (nSPS) is 10.4. The molecule has 0 aliphatic heterocycles. The second-order valence-electron chi connectivity index (χ2n) is 6.33. The number of thioether (sulfide) groups is 1. The second kappa shape index (κ2) is 10.0. The number of hydrogen-bond donors (Lipinski definition) is 1. The second-order valence-corrected chi connectivity index (χ2v) is 7.34. The summed E-state index contributed by atoms with van der Waals surface area (Å²) in [6, 6.07) is 15.4. The highest BCUT2D eigenvalue weighted by atomic mass is 32.2. The molecule has 4 nitrogen and oxygen atoms in total. The summed E-state index contributed by atoms with van der Waals surface area (Å²) in [7, 11) is 3.46. The van der Waals surface area contributed by atoms with Crippen LogP contribution in [0.1, 0.15) is 35.7 Å². The van der Waals surface area contributed by atoms with Gasteiger partial charge in [-0.2, -0.15) is 0 Å². The topological polar surface area (TPSA) is 49.4 Å². The molecule has 0 aliphatic rings. The number of amides is 2. The molecule has 0 aliphatic carbocycles. The van der Waals surface area contributed by atoms with E-state index < -0.39 is 0 Å². The molecule has 0 heterocycles. The van der Waals surface area contributed by atoms with Crippen molar-refractivity contribution in [3.05, 3.63) is 59.7 Å². The van der Waals surface area contributed by atoms with Crippen LogP contribution < -0.4 is 5.32 Å². The first-order chi connectivity index (χ1) is 12.5. The van der Waals surface area contributed by atoms with Gasteiger partial charge >= 0.3 is 0 Å². The number of carbonyl (C=O) groups is 2. The van der Waals surface area contributed by atoms with E-state index in [-0.39, 0.29) is 11.8 Å². The van der Waals surface area contributed by atoms with Crippen molar-refractivity contribution in [2.75, 3.05) is 25.2 Å². The smallest absolute Gasteiger partial charge is 0.256 e. The lowest BCUT2D eigenvalue weighted by atomic mass is 10.1. The average Bonchev–Trinajstić information content (AvgIpc) is 2.65. The van der Waals surface area contributed by atoms with E-state index in [0.717, 1.165) is 17.0 Å². The minimum absolute atomic E-state index is 0.0212. The highest BCUT2D eigenvalue weighted by Gasteiger charge is 2.13. The van der Waals surface area contributed by atoms with Gasteiger partial charge in [-0.25, -0.2) is 0 Å². The molecular formula is C21H26N2O2S. The quantitative estimate of drug-likeness (QED) is 0.698. The zero-order valence-corrected chi connectivity index (χ0v) is 16.4. The molecule has 0 saturated carbocycles. The Morgan fingerprint density at radius 1 is 1.04 bits per heavy atom. The molecule has 0 saturated heterocycles. The fraction of sp³-hybridized carbons (Fsp3) is 0.333. The minimum atomic E-state index is -0.160. The number of benzene rings is 2. The average molecular weight is 371 g/mol. The summed E-state index contributed by atoms with van der Waals surface area (Å²) < 4.78 is 0. The van der Waals surface area contributed by atoms with Gasteiger partial charge in [0.05, 0.1) is 11.3 Å². The molecular weight excluding hydrogens is 344 g/mol. The molecule has 26 heavy (non-hydrogen) atoms. The molecule has 0 bridgehead atoms. The van der Waals surface area contributed by atoms with Crippen molar-refractivity contribution < 1.29 is 9.59 Å². The molecule has 1 N–H and O–H groups in total. The zero-order valence-electron chi connectivity index (χ0n) is 15.6. The van der Waals surface area contributed by atoms with E-state index in [2.05, 4.69) is 24.4 Å². The van der Waals surface area contributed by atoms with E-state index in [1.807, 2.05) is 30.3 Å². The van der Waals surface area contributed by atoms with Gasteiger partial charge in [-0.3, -0.25) is 9.59 Å². The Labute approximate surface area is 160 Å². The predicted octanol–water partition coefficient (Wildman–Crippen LogP) is 4.46. The van der Waals surface area contributed by atoms with Crippen LogP contribution in [0.2, 0.25) is 0 Å². The van der Waals surface area contributed by atoms with Crippen LogP contribution >= 0.6 is 11.8 Å². The van der Waals surface area contributed by atoms with Crippen molar-refractivity contribution in [3.63, 3.8) is 0 Å². The van der Waals surface area contributed by atoms with Gasteiger partial charge in [-0.1, -0.05) is 37.6 Å². The van der Waals surface area contributed by atoms with Crippen LogP contribution in [0.4, 0.5) is 5.69 Å². The van der Waals surface area contributed by atoms with Crippen LogP contribution in [0.15, 0.2) is 53.4 Å². The van der Waals surface area contributed by atoms with Crippen LogP contribution in [0.3, 0.4) is 0 Å². The largest absolute Gasteiger partial charge is 0.348 e. The van der Waals surface area contributed by atoms with Gasteiger partial charge in [0.15, 0.2) is 0 Å². The third-order valence-electron chi connectivity index (χ3n) is 4.01. The van der Waals surface area contributed by atoms with Crippen LogP contribution in [0.25, 0.3) is 0 Å². The fourth-order valence-corrected chi connectivity index (χ4v) is 3.41. The predicted molar refractivity (Wildman–Crippen MR) is 109 cm³/mol. The lowest BCUT2D eigenvalue weighted by Gasteiger charge is -2.12. The highest BCUT2D eigenvalue weighted by molar-refractivity contribution is 8.00. The zero-order chi connectivity index (χ0) is 18.9. The summed E-state index contributed by atoms with van der Waals surface area (Å²) >= 11 is 1.38. The van der Waals surface area contributed by atoms with Crippen molar-refractivity contribution in [1.29, 1.82) is 0 Å². The van der Waals surface area contributed by atoms with E-state index in [1.54, 1.807) is 25.1 Å². The maximum Gasteiger partial charge on any atom is 0.256 e. The van der Waals surface area contributed by atoms with Crippen LogP contribution in [0.5, 0.6) is 0 Å². The first-order valence-electron chi connectivity index (χ1n) is 8.83.